The van der Waals surface area contributed by atoms with Gasteiger partial charge in [-0.3, -0.25) is 19.2 Å². The number of anilines is 1. The van der Waals surface area contributed by atoms with Gasteiger partial charge in [-0.2, -0.15) is 0 Å². The fraction of sp³-hybridized carbons (Fsp3) is 0.143. The second-order valence-corrected chi connectivity index (χ2v) is 6.44. The number of nitrogens with zero attached hydrogens (tertiary/aromatic N) is 4. The molecule has 0 spiro atoms. The molecular formula is C21H19FN6O. The number of halogens is 1. The highest BCUT2D eigenvalue weighted by Gasteiger charge is 2.15. The van der Waals surface area contributed by atoms with Crippen molar-refractivity contribution in [1.29, 1.82) is 0 Å². The number of amides is 1. The molecule has 0 fully saturated rings. The Morgan fingerprint density at radius 3 is 2.83 bits per heavy atom. The standard InChI is InChI=1S/C21H19FN6O/c22-17-5-1-4-16(11-17)20-21(28-10-9-24-14-18(28)27-20)25-8-6-19(29)26-13-15-3-2-7-23-12-15/h1-5,7,9-12,14,25H,6,8,13H2,(H,26,29). The van der Waals surface area contributed by atoms with E-state index >= 15 is 0 Å². The summed E-state index contributed by atoms with van der Waals surface area (Å²) >= 11 is 0. The predicted molar refractivity (Wildman–Crippen MR) is 108 cm³/mol. The molecule has 4 aromatic rings. The fourth-order valence-corrected chi connectivity index (χ4v) is 3.00. The Morgan fingerprint density at radius 1 is 1.10 bits per heavy atom. The van der Waals surface area contributed by atoms with Crippen molar-refractivity contribution in [2.24, 2.45) is 0 Å². The first kappa shape index (κ1) is 18.5. The van der Waals surface area contributed by atoms with Crippen molar-refractivity contribution in [1.82, 2.24) is 24.7 Å². The van der Waals surface area contributed by atoms with Crippen LogP contribution in [0.15, 0.2) is 67.4 Å². The first-order valence-corrected chi connectivity index (χ1v) is 9.18. The van der Waals surface area contributed by atoms with E-state index in [1.54, 1.807) is 43.1 Å². The SMILES string of the molecule is O=C(CCNc1c(-c2cccc(F)c2)nc2cnccn12)NCc1cccnc1. The van der Waals surface area contributed by atoms with E-state index in [1.807, 2.05) is 16.5 Å². The molecule has 1 aromatic carbocycles. The maximum absolute atomic E-state index is 13.7. The lowest BCUT2D eigenvalue weighted by molar-refractivity contribution is -0.121. The lowest BCUT2D eigenvalue weighted by atomic mass is 10.1. The van der Waals surface area contributed by atoms with E-state index in [4.69, 9.17) is 0 Å². The van der Waals surface area contributed by atoms with Gasteiger partial charge in [0.25, 0.3) is 0 Å². The third kappa shape index (κ3) is 4.37. The third-order valence-electron chi connectivity index (χ3n) is 4.39. The molecule has 3 heterocycles. The maximum Gasteiger partial charge on any atom is 0.222 e. The molecule has 2 N–H and O–H groups in total. The summed E-state index contributed by atoms with van der Waals surface area (Å²) in [6.45, 7) is 0.833. The van der Waals surface area contributed by atoms with Crippen molar-refractivity contribution in [2.45, 2.75) is 13.0 Å². The quantitative estimate of drug-likeness (QED) is 0.507. The summed E-state index contributed by atoms with van der Waals surface area (Å²) in [5.41, 5.74) is 2.83. The van der Waals surface area contributed by atoms with Crippen LogP contribution in [0.3, 0.4) is 0 Å². The number of benzene rings is 1. The number of rotatable bonds is 7. The van der Waals surface area contributed by atoms with Crippen LogP contribution in [0.4, 0.5) is 10.2 Å². The minimum atomic E-state index is -0.335. The van der Waals surface area contributed by atoms with E-state index in [9.17, 15) is 9.18 Å². The number of hydrogen-bond donors (Lipinski definition) is 2. The normalized spacial score (nSPS) is 10.8. The lowest BCUT2D eigenvalue weighted by Crippen LogP contribution is -2.25. The Hall–Kier alpha value is -3.81. The summed E-state index contributed by atoms with van der Waals surface area (Å²) in [6, 6.07) is 9.99. The fourth-order valence-electron chi connectivity index (χ4n) is 3.00. The van der Waals surface area contributed by atoms with Gasteiger partial charge in [0.05, 0.1) is 6.20 Å². The zero-order valence-corrected chi connectivity index (χ0v) is 15.5. The number of pyridine rings is 1. The van der Waals surface area contributed by atoms with Crippen molar-refractivity contribution >= 4 is 17.4 Å². The average molecular weight is 390 g/mol. The molecule has 0 unspecified atom stereocenters. The van der Waals surface area contributed by atoms with Gasteiger partial charge < -0.3 is 10.6 Å². The van der Waals surface area contributed by atoms with Crippen LogP contribution in [-0.2, 0) is 11.3 Å². The van der Waals surface area contributed by atoms with Crippen molar-refractivity contribution < 1.29 is 9.18 Å². The summed E-state index contributed by atoms with van der Waals surface area (Å²) in [4.78, 5) is 24.8. The lowest BCUT2D eigenvalue weighted by Gasteiger charge is -2.09. The van der Waals surface area contributed by atoms with Crippen molar-refractivity contribution in [2.75, 3.05) is 11.9 Å². The number of hydrogen-bond acceptors (Lipinski definition) is 5. The highest BCUT2D eigenvalue weighted by Crippen LogP contribution is 2.28. The van der Waals surface area contributed by atoms with Gasteiger partial charge in [0.2, 0.25) is 5.91 Å². The summed E-state index contributed by atoms with van der Waals surface area (Å²) in [5, 5.41) is 6.13. The van der Waals surface area contributed by atoms with Gasteiger partial charge in [0, 0.05) is 49.9 Å². The second-order valence-electron chi connectivity index (χ2n) is 6.44. The van der Waals surface area contributed by atoms with Crippen LogP contribution in [0.1, 0.15) is 12.0 Å². The molecule has 0 bridgehead atoms. The minimum Gasteiger partial charge on any atom is -0.369 e. The number of carbonyl (C=O) groups is 1. The van der Waals surface area contributed by atoms with Crippen molar-refractivity contribution in [3.63, 3.8) is 0 Å². The second kappa shape index (κ2) is 8.47. The van der Waals surface area contributed by atoms with E-state index in [0.717, 1.165) is 5.56 Å². The van der Waals surface area contributed by atoms with Gasteiger partial charge in [-0.05, 0) is 23.8 Å². The monoisotopic (exact) mass is 390 g/mol. The Kier molecular flexibility index (Phi) is 5.42. The molecule has 0 aliphatic heterocycles. The number of aromatic nitrogens is 4. The number of imidazole rings is 1. The summed E-state index contributed by atoms with van der Waals surface area (Å²) in [5.74, 6) is 0.274. The molecule has 4 rings (SSSR count). The first-order chi connectivity index (χ1) is 14.2. The highest BCUT2D eigenvalue weighted by molar-refractivity contribution is 5.78. The van der Waals surface area contributed by atoms with Crippen LogP contribution in [-0.4, -0.2) is 31.8 Å². The largest absolute Gasteiger partial charge is 0.369 e. The van der Waals surface area contributed by atoms with E-state index in [0.29, 0.717) is 35.8 Å². The first-order valence-electron chi connectivity index (χ1n) is 9.18. The molecule has 1 amide bonds. The van der Waals surface area contributed by atoms with Crippen LogP contribution in [0.5, 0.6) is 0 Å². The molecule has 8 heteroatoms. The number of fused-ring (bicyclic) bond motifs is 1. The van der Waals surface area contributed by atoms with Gasteiger partial charge in [0.15, 0.2) is 5.65 Å². The van der Waals surface area contributed by atoms with Crippen LogP contribution in [0.2, 0.25) is 0 Å². The smallest absolute Gasteiger partial charge is 0.222 e. The topological polar surface area (TPSA) is 84.2 Å². The highest BCUT2D eigenvalue weighted by atomic mass is 19.1. The Labute approximate surface area is 166 Å². The summed E-state index contributed by atoms with van der Waals surface area (Å²) < 4.78 is 15.5. The summed E-state index contributed by atoms with van der Waals surface area (Å²) in [7, 11) is 0. The molecule has 0 radical (unpaired) electrons. The van der Waals surface area contributed by atoms with E-state index in [1.165, 1.54) is 12.1 Å². The molecule has 0 aliphatic carbocycles. The minimum absolute atomic E-state index is 0.0795. The van der Waals surface area contributed by atoms with Gasteiger partial charge >= 0.3 is 0 Å². The molecular weight excluding hydrogens is 371 g/mol. The van der Waals surface area contributed by atoms with Gasteiger partial charge in [0.1, 0.15) is 17.3 Å². The maximum atomic E-state index is 13.7. The summed E-state index contributed by atoms with van der Waals surface area (Å²) in [6.07, 6.45) is 8.74. The molecule has 3 aromatic heterocycles. The number of carbonyl (C=O) groups excluding carboxylic acids is 1. The number of nitrogens with one attached hydrogen (secondary N) is 2. The third-order valence-corrected chi connectivity index (χ3v) is 4.39. The Balaban J connectivity index is 1.46. The van der Waals surface area contributed by atoms with Gasteiger partial charge in [-0.25, -0.2) is 9.37 Å². The van der Waals surface area contributed by atoms with Crippen LogP contribution in [0, 0.1) is 5.82 Å². The molecule has 0 saturated carbocycles. The molecule has 0 saturated heterocycles. The van der Waals surface area contributed by atoms with E-state index in [-0.39, 0.29) is 18.1 Å². The molecule has 29 heavy (non-hydrogen) atoms. The Morgan fingerprint density at radius 2 is 2.00 bits per heavy atom. The van der Waals surface area contributed by atoms with E-state index in [2.05, 4.69) is 25.6 Å². The predicted octanol–water partition coefficient (Wildman–Crippen LogP) is 3.05. The average Bonchev–Trinajstić information content (AvgIpc) is 3.12. The van der Waals surface area contributed by atoms with Gasteiger partial charge in [-0.15, -0.1) is 0 Å². The van der Waals surface area contributed by atoms with Crippen LogP contribution >= 0.6 is 0 Å². The van der Waals surface area contributed by atoms with Crippen LogP contribution < -0.4 is 10.6 Å². The molecule has 146 valence electrons. The Bertz CT molecular complexity index is 1130. The molecule has 7 nitrogen and oxygen atoms in total. The van der Waals surface area contributed by atoms with Crippen molar-refractivity contribution in [3.8, 4) is 11.3 Å². The van der Waals surface area contributed by atoms with Gasteiger partial charge in [-0.1, -0.05) is 18.2 Å². The van der Waals surface area contributed by atoms with Crippen LogP contribution in [0.25, 0.3) is 16.9 Å². The van der Waals surface area contributed by atoms with E-state index < -0.39 is 0 Å². The molecule has 0 aliphatic rings. The van der Waals surface area contributed by atoms with Crippen molar-refractivity contribution in [3.05, 3.63) is 78.8 Å². The zero-order chi connectivity index (χ0) is 20.1. The molecule has 0 atom stereocenters. The zero-order valence-electron chi connectivity index (χ0n) is 15.5.